The van der Waals surface area contributed by atoms with Crippen LogP contribution in [0.15, 0.2) is 67.0 Å². The van der Waals surface area contributed by atoms with Crippen LogP contribution in [0, 0.1) is 5.82 Å². The van der Waals surface area contributed by atoms with Crippen LogP contribution in [-0.2, 0) is 17.0 Å². The minimum atomic E-state index is -0.246. The third-order valence-corrected chi connectivity index (χ3v) is 5.36. The highest BCUT2D eigenvalue weighted by Crippen LogP contribution is 2.20. The molecule has 0 radical (unpaired) electrons. The summed E-state index contributed by atoms with van der Waals surface area (Å²) < 4.78 is 13.9. The lowest BCUT2D eigenvalue weighted by Crippen LogP contribution is -2.14. The van der Waals surface area contributed by atoms with Crippen LogP contribution in [0.2, 0.25) is 0 Å². The number of aromatic nitrogens is 3. The van der Waals surface area contributed by atoms with Crippen molar-refractivity contribution in [1.82, 2.24) is 15.0 Å². The van der Waals surface area contributed by atoms with Crippen molar-refractivity contribution in [2.24, 2.45) is 0 Å². The molecule has 0 aliphatic heterocycles. The first kappa shape index (κ1) is 19.1. The van der Waals surface area contributed by atoms with Crippen LogP contribution >= 0.6 is 11.8 Å². The number of amides is 1. The summed E-state index contributed by atoms with van der Waals surface area (Å²) in [5.41, 5.74) is 3.96. The Morgan fingerprint density at radius 2 is 2.03 bits per heavy atom. The number of thioether (sulfide) groups is 1. The van der Waals surface area contributed by atoms with Crippen molar-refractivity contribution in [2.45, 2.75) is 12.2 Å². The fourth-order valence-electron chi connectivity index (χ4n) is 2.99. The number of hydrogen-bond acceptors (Lipinski definition) is 4. The second kappa shape index (κ2) is 8.87. The molecular weight excluding hydrogens is 387 g/mol. The highest BCUT2D eigenvalue weighted by atomic mass is 32.2. The molecule has 0 atom stereocenters. The molecular formula is C22H19FN4OS. The van der Waals surface area contributed by atoms with E-state index in [1.54, 1.807) is 30.6 Å². The Hall–Kier alpha value is -3.19. The van der Waals surface area contributed by atoms with E-state index in [-0.39, 0.29) is 11.7 Å². The highest BCUT2D eigenvalue weighted by Gasteiger charge is 2.09. The quantitative estimate of drug-likeness (QED) is 0.472. The third-order valence-electron chi connectivity index (χ3n) is 4.36. The zero-order valence-corrected chi connectivity index (χ0v) is 16.4. The van der Waals surface area contributed by atoms with E-state index in [9.17, 15) is 9.18 Å². The summed E-state index contributed by atoms with van der Waals surface area (Å²) in [7, 11) is 0. The van der Waals surface area contributed by atoms with Gasteiger partial charge in [-0.2, -0.15) is 0 Å². The van der Waals surface area contributed by atoms with Crippen LogP contribution in [0.1, 0.15) is 17.0 Å². The number of pyridine rings is 1. The molecule has 0 aliphatic rings. The SMILES string of the molecule is O=C(CSCc1cccnc1)Nc1ccc2nc(Cc3ccccc3F)[nH]c2c1. The molecule has 4 rings (SSSR count). The van der Waals surface area contributed by atoms with Gasteiger partial charge in [-0.15, -0.1) is 11.8 Å². The second-order valence-corrected chi connectivity index (χ2v) is 7.57. The lowest BCUT2D eigenvalue weighted by atomic mass is 10.1. The van der Waals surface area contributed by atoms with Crippen molar-refractivity contribution in [3.8, 4) is 0 Å². The van der Waals surface area contributed by atoms with Gasteiger partial charge < -0.3 is 10.3 Å². The second-order valence-electron chi connectivity index (χ2n) is 6.59. The van der Waals surface area contributed by atoms with E-state index in [2.05, 4.69) is 20.3 Å². The summed E-state index contributed by atoms with van der Waals surface area (Å²) in [5.74, 6) is 1.46. The number of fused-ring (bicyclic) bond motifs is 1. The lowest BCUT2D eigenvalue weighted by molar-refractivity contribution is -0.113. The molecule has 0 spiro atoms. The molecule has 4 aromatic rings. The van der Waals surface area contributed by atoms with Crippen LogP contribution < -0.4 is 5.32 Å². The normalized spacial score (nSPS) is 10.9. The Labute approximate surface area is 171 Å². The van der Waals surface area contributed by atoms with E-state index in [1.807, 2.05) is 30.3 Å². The number of anilines is 1. The fourth-order valence-corrected chi connectivity index (χ4v) is 3.75. The van der Waals surface area contributed by atoms with E-state index in [4.69, 9.17) is 0 Å². The summed E-state index contributed by atoms with van der Waals surface area (Å²) in [6.45, 7) is 0. The monoisotopic (exact) mass is 406 g/mol. The summed E-state index contributed by atoms with van der Waals surface area (Å²) in [4.78, 5) is 24.0. The maximum absolute atomic E-state index is 13.9. The first-order valence-electron chi connectivity index (χ1n) is 9.16. The number of carbonyl (C=O) groups is 1. The Morgan fingerprint density at radius 1 is 1.14 bits per heavy atom. The van der Waals surface area contributed by atoms with Crippen molar-refractivity contribution >= 4 is 34.4 Å². The van der Waals surface area contributed by atoms with Gasteiger partial charge in [0.25, 0.3) is 0 Å². The Morgan fingerprint density at radius 3 is 2.86 bits per heavy atom. The molecule has 1 amide bonds. The van der Waals surface area contributed by atoms with E-state index in [1.165, 1.54) is 17.8 Å². The standard InChI is InChI=1S/C22H19FN4OS/c23-18-6-2-1-5-16(18)10-21-26-19-8-7-17(11-20(19)27-21)25-22(28)14-29-13-15-4-3-9-24-12-15/h1-9,11-12H,10,13-14H2,(H,25,28)(H,26,27). The van der Waals surface area contributed by atoms with E-state index >= 15 is 0 Å². The fraction of sp³-hybridized carbons (Fsp3) is 0.136. The van der Waals surface area contributed by atoms with Crippen LogP contribution in [0.25, 0.3) is 11.0 Å². The molecule has 2 N–H and O–H groups in total. The first-order chi connectivity index (χ1) is 14.2. The van der Waals surface area contributed by atoms with Crippen LogP contribution in [0.3, 0.4) is 0 Å². The topological polar surface area (TPSA) is 70.7 Å². The van der Waals surface area contributed by atoms with Gasteiger partial charge >= 0.3 is 0 Å². The van der Waals surface area contributed by atoms with Crippen molar-refractivity contribution < 1.29 is 9.18 Å². The molecule has 2 heterocycles. The predicted molar refractivity (Wildman–Crippen MR) is 114 cm³/mol. The van der Waals surface area contributed by atoms with E-state index in [0.717, 1.165) is 22.3 Å². The van der Waals surface area contributed by atoms with Crippen molar-refractivity contribution in [3.05, 3.63) is 89.8 Å². The molecule has 0 unspecified atom stereocenters. The zero-order chi connectivity index (χ0) is 20.1. The number of H-pyrrole nitrogens is 1. The van der Waals surface area contributed by atoms with Gasteiger partial charge in [0.15, 0.2) is 0 Å². The van der Waals surface area contributed by atoms with Gasteiger partial charge in [0.1, 0.15) is 11.6 Å². The van der Waals surface area contributed by atoms with Gasteiger partial charge in [-0.1, -0.05) is 24.3 Å². The molecule has 0 saturated heterocycles. The lowest BCUT2D eigenvalue weighted by Gasteiger charge is -2.05. The minimum absolute atomic E-state index is 0.0654. The molecule has 0 bridgehead atoms. The van der Waals surface area contributed by atoms with Crippen molar-refractivity contribution in [2.75, 3.05) is 11.1 Å². The van der Waals surface area contributed by atoms with Crippen LogP contribution in [0.4, 0.5) is 10.1 Å². The summed E-state index contributed by atoms with van der Waals surface area (Å²) >= 11 is 1.54. The Kier molecular flexibility index (Phi) is 5.86. The summed E-state index contributed by atoms with van der Waals surface area (Å²) in [5, 5.41) is 2.91. The van der Waals surface area contributed by atoms with E-state index in [0.29, 0.717) is 29.2 Å². The Bertz CT molecular complexity index is 1130. The molecule has 0 fully saturated rings. The molecule has 29 heavy (non-hydrogen) atoms. The molecule has 7 heteroatoms. The summed E-state index contributed by atoms with van der Waals surface area (Å²) in [6.07, 6.45) is 3.91. The predicted octanol–water partition coefficient (Wildman–Crippen LogP) is 4.56. The van der Waals surface area contributed by atoms with Crippen LogP contribution in [0.5, 0.6) is 0 Å². The number of hydrogen-bond donors (Lipinski definition) is 2. The molecule has 2 aromatic heterocycles. The number of benzene rings is 2. The number of halogens is 1. The number of imidazole rings is 1. The number of aromatic amines is 1. The molecule has 2 aromatic carbocycles. The maximum atomic E-state index is 13.9. The van der Waals surface area contributed by atoms with E-state index < -0.39 is 0 Å². The third kappa shape index (κ3) is 5.00. The van der Waals surface area contributed by atoms with Crippen molar-refractivity contribution in [3.63, 3.8) is 0 Å². The number of nitrogens with one attached hydrogen (secondary N) is 2. The number of nitrogens with zero attached hydrogens (tertiary/aromatic N) is 2. The largest absolute Gasteiger partial charge is 0.342 e. The maximum Gasteiger partial charge on any atom is 0.234 e. The van der Waals surface area contributed by atoms with Gasteiger partial charge in [-0.05, 0) is 41.5 Å². The first-order valence-corrected chi connectivity index (χ1v) is 10.3. The van der Waals surface area contributed by atoms with Gasteiger partial charge in [-0.25, -0.2) is 9.37 Å². The number of rotatable bonds is 7. The summed E-state index contributed by atoms with van der Waals surface area (Å²) in [6, 6.07) is 16.0. The van der Waals surface area contributed by atoms with Gasteiger partial charge in [0.2, 0.25) is 5.91 Å². The molecule has 5 nitrogen and oxygen atoms in total. The minimum Gasteiger partial charge on any atom is -0.342 e. The molecule has 0 saturated carbocycles. The molecule has 146 valence electrons. The van der Waals surface area contributed by atoms with Gasteiger partial charge in [-0.3, -0.25) is 9.78 Å². The van der Waals surface area contributed by atoms with Crippen LogP contribution in [-0.4, -0.2) is 26.6 Å². The average Bonchev–Trinajstić information content (AvgIpc) is 3.12. The average molecular weight is 406 g/mol. The number of carbonyl (C=O) groups excluding carboxylic acids is 1. The van der Waals surface area contributed by atoms with Gasteiger partial charge in [0, 0.05) is 30.3 Å². The van der Waals surface area contributed by atoms with Gasteiger partial charge in [0.05, 0.1) is 16.8 Å². The zero-order valence-electron chi connectivity index (χ0n) is 15.6. The highest BCUT2D eigenvalue weighted by molar-refractivity contribution is 7.99. The Balaban J connectivity index is 1.37. The smallest absolute Gasteiger partial charge is 0.234 e. The van der Waals surface area contributed by atoms with Crippen molar-refractivity contribution in [1.29, 1.82) is 0 Å². The molecule has 0 aliphatic carbocycles.